The van der Waals surface area contributed by atoms with Gasteiger partial charge in [-0.2, -0.15) is 0 Å². The third-order valence-electron chi connectivity index (χ3n) is 4.43. The Morgan fingerprint density at radius 2 is 2.15 bits per heavy atom. The number of hydrogen-bond donors (Lipinski definition) is 1. The van der Waals surface area contributed by atoms with Crippen LogP contribution in [0.25, 0.3) is 0 Å². The number of carbonyl (C=O) groups is 1. The quantitative estimate of drug-likeness (QED) is 0.843. The largest absolute Gasteiger partial charge is 0.350 e. The summed E-state index contributed by atoms with van der Waals surface area (Å²) in [6, 6.07) is 1.31. The van der Waals surface area contributed by atoms with Gasteiger partial charge >= 0.3 is 0 Å². The van der Waals surface area contributed by atoms with Gasteiger partial charge in [0.05, 0.1) is 0 Å². The van der Waals surface area contributed by atoms with Crippen molar-refractivity contribution in [1.29, 1.82) is 0 Å². The first-order chi connectivity index (χ1) is 9.32. The lowest BCUT2D eigenvalue weighted by Gasteiger charge is -2.15. The summed E-state index contributed by atoms with van der Waals surface area (Å²) in [6.45, 7) is 0.685. The molecule has 0 spiro atoms. The molecule has 2 aliphatic rings. The fourth-order valence-corrected chi connectivity index (χ4v) is 3.62. The average molecular weight is 317 g/mol. The molecule has 3 rings (SSSR count). The van der Waals surface area contributed by atoms with Crippen LogP contribution < -0.4 is 5.32 Å². The Bertz CT molecular complexity index is 657. The first-order valence-electron chi connectivity index (χ1n) is 6.71. The number of carbonyl (C=O) groups excluding carboxylic acids is 1. The molecule has 0 unspecified atom stereocenters. The number of amides is 1. The van der Waals surface area contributed by atoms with Crippen LogP contribution in [0.1, 0.15) is 36.2 Å². The van der Waals surface area contributed by atoms with Gasteiger partial charge in [-0.25, -0.2) is 8.42 Å². The van der Waals surface area contributed by atoms with E-state index in [1.165, 1.54) is 42.5 Å². The summed E-state index contributed by atoms with van der Waals surface area (Å²) >= 11 is 0. The molecule has 0 radical (unpaired) electrons. The van der Waals surface area contributed by atoms with Crippen molar-refractivity contribution in [2.24, 2.45) is 18.4 Å². The molecule has 110 valence electrons. The van der Waals surface area contributed by atoms with Crippen molar-refractivity contribution >= 4 is 25.6 Å². The number of halogens is 1. The predicted molar refractivity (Wildman–Crippen MR) is 75.2 cm³/mol. The van der Waals surface area contributed by atoms with Crippen LogP contribution in [-0.4, -0.2) is 25.4 Å². The van der Waals surface area contributed by atoms with Crippen LogP contribution in [0.5, 0.6) is 0 Å². The lowest BCUT2D eigenvalue weighted by Crippen LogP contribution is -2.32. The molecule has 1 amide bonds. The van der Waals surface area contributed by atoms with E-state index >= 15 is 0 Å². The molecule has 2 aliphatic carbocycles. The van der Waals surface area contributed by atoms with Crippen LogP contribution >= 0.6 is 10.7 Å². The minimum absolute atomic E-state index is 0.0462. The predicted octanol–water partition coefficient (Wildman–Crippen LogP) is 1.87. The van der Waals surface area contributed by atoms with Gasteiger partial charge in [-0.3, -0.25) is 4.79 Å². The van der Waals surface area contributed by atoms with Crippen molar-refractivity contribution in [1.82, 2.24) is 9.88 Å². The normalized spacial score (nSPS) is 20.7. The van der Waals surface area contributed by atoms with E-state index in [1.807, 2.05) is 0 Å². The molecular formula is C13H17ClN2O3S. The Morgan fingerprint density at radius 1 is 1.50 bits per heavy atom. The maximum Gasteiger partial charge on any atom is 0.267 e. The molecule has 1 N–H and O–H groups in total. The Balaban J connectivity index is 1.69. The smallest absolute Gasteiger partial charge is 0.267 e. The SMILES string of the molecule is Cn1cc(S(=O)(=O)Cl)cc1C(=O)NCC1(C2CC2)CC1. The lowest BCUT2D eigenvalue weighted by molar-refractivity contribution is 0.0934. The minimum Gasteiger partial charge on any atom is -0.350 e. The fourth-order valence-electron chi connectivity index (χ4n) is 2.83. The maximum absolute atomic E-state index is 12.2. The number of nitrogens with zero attached hydrogens (tertiary/aromatic N) is 1. The highest BCUT2D eigenvalue weighted by atomic mass is 35.7. The summed E-state index contributed by atoms with van der Waals surface area (Å²) in [5, 5.41) is 2.93. The molecule has 2 fully saturated rings. The van der Waals surface area contributed by atoms with Crippen molar-refractivity contribution in [3.8, 4) is 0 Å². The highest BCUT2D eigenvalue weighted by molar-refractivity contribution is 8.13. The summed E-state index contributed by atoms with van der Waals surface area (Å²) in [4.78, 5) is 12.1. The standard InChI is InChI=1S/C13H17ClN2O3S/c1-16-7-10(20(14,18)19)6-11(16)12(17)15-8-13(4-5-13)9-2-3-9/h6-7,9H,2-5,8H2,1H3,(H,15,17). The topological polar surface area (TPSA) is 68.2 Å². The first kappa shape index (κ1) is 13.9. The van der Waals surface area contributed by atoms with Crippen molar-refractivity contribution in [3.05, 3.63) is 18.0 Å². The summed E-state index contributed by atoms with van der Waals surface area (Å²) in [6.07, 6.45) is 6.27. The van der Waals surface area contributed by atoms with E-state index in [0.29, 0.717) is 17.7 Å². The summed E-state index contributed by atoms with van der Waals surface area (Å²) in [7, 11) is 3.12. The van der Waals surface area contributed by atoms with Crippen molar-refractivity contribution < 1.29 is 13.2 Å². The Hall–Kier alpha value is -1.01. The van der Waals surface area contributed by atoms with Crippen LogP contribution in [0.15, 0.2) is 17.2 Å². The van der Waals surface area contributed by atoms with Gasteiger partial charge in [-0.15, -0.1) is 0 Å². The third-order valence-corrected chi connectivity index (χ3v) is 5.75. The second-order valence-electron chi connectivity index (χ2n) is 5.93. The Morgan fingerprint density at radius 3 is 2.60 bits per heavy atom. The van der Waals surface area contributed by atoms with E-state index in [4.69, 9.17) is 10.7 Å². The summed E-state index contributed by atoms with van der Waals surface area (Å²) in [5.41, 5.74) is 0.637. The fraction of sp³-hybridized carbons (Fsp3) is 0.615. The zero-order chi connectivity index (χ0) is 14.5. The highest BCUT2D eigenvalue weighted by Gasteiger charge is 2.53. The van der Waals surface area contributed by atoms with Gasteiger partial charge in [-0.1, -0.05) is 0 Å². The van der Waals surface area contributed by atoms with Crippen molar-refractivity contribution in [2.45, 2.75) is 30.6 Å². The van der Waals surface area contributed by atoms with E-state index in [9.17, 15) is 13.2 Å². The van der Waals surface area contributed by atoms with Crippen LogP contribution in [0.3, 0.4) is 0 Å². The molecule has 2 saturated carbocycles. The van der Waals surface area contributed by atoms with E-state index in [2.05, 4.69) is 5.32 Å². The molecule has 7 heteroatoms. The van der Waals surface area contributed by atoms with Crippen molar-refractivity contribution in [2.75, 3.05) is 6.54 Å². The van der Waals surface area contributed by atoms with Gasteiger partial charge in [0, 0.05) is 30.5 Å². The third kappa shape index (κ3) is 2.59. The van der Waals surface area contributed by atoms with E-state index < -0.39 is 9.05 Å². The monoisotopic (exact) mass is 316 g/mol. The number of hydrogen-bond acceptors (Lipinski definition) is 3. The molecule has 0 bridgehead atoms. The zero-order valence-electron chi connectivity index (χ0n) is 11.2. The van der Waals surface area contributed by atoms with Gasteiger partial charge < -0.3 is 9.88 Å². The zero-order valence-corrected chi connectivity index (χ0v) is 12.8. The summed E-state index contributed by atoms with van der Waals surface area (Å²) < 4.78 is 24.0. The molecule has 1 heterocycles. The van der Waals surface area contributed by atoms with E-state index in [-0.39, 0.29) is 10.8 Å². The van der Waals surface area contributed by atoms with Gasteiger partial charge in [-0.05, 0) is 43.1 Å². The first-order valence-corrected chi connectivity index (χ1v) is 9.02. The van der Waals surface area contributed by atoms with Gasteiger partial charge in [0.2, 0.25) is 0 Å². The molecule has 0 aromatic carbocycles. The highest BCUT2D eigenvalue weighted by Crippen LogP contribution is 2.60. The van der Waals surface area contributed by atoms with Crippen LogP contribution in [0.4, 0.5) is 0 Å². The average Bonchev–Trinajstić information content (AvgIpc) is 3.22. The van der Waals surface area contributed by atoms with E-state index in [1.54, 1.807) is 7.05 Å². The van der Waals surface area contributed by atoms with Gasteiger partial charge in [0.25, 0.3) is 15.0 Å². The number of nitrogens with one attached hydrogen (secondary N) is 1. The van der Waals surface area contributed by atoms with E-state index in [0.717, 1.165) is 5.92 Å². The molecule has 0 aliphatic heterocycles. The molecule has 5 nitrogen and oxygen atoms in total. The maximum atomic E-state index is 12.2. The number of rotatable bonds is 5. The molecule has 1 aromatic rings. The number of aromatic nitrogens is 1. The molecule has 0 saturated heterocycles. The molecular weight excluding hydrogens is 300 g/mol. The Labute approximate surface area is 122 Å². The lowest BCUT2D eigenvalue weighted by atomic mass is 10.0. The Kier molecular flexibility index (Phi) is 3.14. The second kappa shape index (κ2) is 4.49. The van der Waals surface area contributed by atoms with Crippen LogP contribution in [-0.2, 0) is 16.1 Å². The van der Waals surface area contributed by atoms with Crippen LogP contribution in [0, 0.1) is 11.3 Å². The molecule has 1 aromatic heterocycles. The van der Waals surface area contributed by atoms with Gasteiger partial charge in [0.15, 0.2) is 0 Å². The minimum atomic E-state index is -3.80. The van der Waals surface area contributed by atoms with Crippen LogP contribution in [0.2, 0.25) is 0 Å². The van der Waals surface area contributed by atoms with Crippen molar-refractivity contribution in [3.63, 3.8) is 0 Å². The second-order valence-corrected chi connectivity index (χ2v) is 8.50. The van der Waals surface area contributed by atoms with Gasteiger partial charge in [0.1, 0.15) is 10.6 Å². The number of aryl methyl sites for hydroxylation is 1. The summed E-state index contributed by atoms with van der Waals surface area (Å²) in [5.74, 6) is 0.529. The molecule has 0 atom stereocenters. The molecule has 20 heavy (non-hydrogen) atoms.